The molecule has 0 aliphatic rings. The van der Waals surface area contributed by atoms with Crippen LogP contribution in [0.5, 0.6) is 23.1 Å². The largest absolute Gasteiger partial charge is 0.497 e. The highest BCUT2D eigenvalue weighted by atomic mass is 32.2. The molecule has 202 valence electrons. The molecule has 0 amide bonds. The van der Waals surface area contributed by atoms with Crippen molar-refractivity contribution in [3.8, 4) is 34.4 Å². The lowest BCUT2D eigenvalue weighted by molar-refractivity contribution is 0.101. The second-order valence-corrected chi connectivity index (χ2v) is 11.0. The van der Waals surface area contributed by atoms with Crippen LogP contribution in [0.3, 0.4) is 0 Å². The monoisotopic (exact) mass is 547 g/mol. The molecule has 2 N–H and O–H groups in total. The van der Waals surface area contributed by atoms with Crippen molar-refractivity contribution in [1.29, 1.82) is 0 Å². The molecule has 0 fully saturated rings. The molecule has 39 heavy (non-hydrogen) atoms. The van der Waals surface area contributed by atoms with Gasteiger partial charge in [0.1, 0.15) is 28.8 Å². The second kappa shape index (κ2) is 11.1. The number of Topliss-reactive ketones (excluding diaryl/α,β-unsaturated/α-hetero) is 1. The van der Waals surface area contributed by atoms with Crippen molar-refractivity contribution in [3.63, 3.8) is 0 Å². The van der Waals surface area contributed by atoms with Crippen LogP contribution in [0.4, 0.5) is 5.82 Å². The average molecular weight is 548 g/mol. The number of hydrogen-bond donors (Lipinski definition) is 1. The first-order valence-corrected chi connectivity index (χ1v) is 13.6. The van der Waals surface area contributed by atoms with E-state index in [1.54, 1.807) is 31.4 Å². The molecule has 0 aliphatic carbocycles. The summed E-state index contributed by atoms with van der Waals surface area (Å²) in [6.45, 7) is 5.76. The number of aryl methyl sites for hydroxylation is 3. The van der Waals surface area contributed by atoms with Gasteiger partial charge in [0.2, 0.25) is 15.7 Å². The Labute approximate surface area is 227 Å². The molecule has 9 nitrogen and oxygen atoms in total. The van der Waals surface area contributed by atoms with Crippen molar-refractivity contribution in [2.75, 3.05) is 25.7 Å². The van der Waals surface area contributed by atoms with Gasteiger partial charge >= 0.3 is 0 Å². The molecule has 4 rings (SSSR count). The van der Waals surface area contributed by atoms with E-state index in [4.69, 9.17) is 19.9 Å². The first kappa shape index (κ1) is 27.6. The van der Waals surface area contributed by atoms with Crippen LogP contribution in [0.25, 0.3) is 11.3 Å². The molecular formula is C29H29N3O6S. The minimum atomic E-state index is -4.08. The van der Waals surface area contributed by atoms with Gasteiger partial charge in [0.25, 0.3) is 0 Å². The summed E-state index contributed by atoms with van der Waals surface area (Å²) in [5.74, 6) is 0.109. The lowest BCUT2D eigenvalue weighted by Gasteiger charge is -2.16. The van der Waals surface area contributed by atoms with E-state index in [1.165, 1.54) is 31.4 Å². The highest BCUT2D eigenvalue weighted by Crippen LogP contribution is 2.36. The van der Waals surface area contributed by atoms with E-state index in [2.05, 4.69) is 9.97 Å². The summed E-state index contributed by atoms with van der Waals surface area (Å²) in [7, 11) is -0.998. The highest BCUT2D eigenvalue weighted by Gasteiger charge is 2.26. The number of nitrogens with zero attached hydrogens (tertiary/aromatic N) is 2. The Morgan fingerprint density at radius 3 is 2.26 bits per heavy atom. The Morgan fingerprint density at radius 1 is 0.897 bits per heavy atom. The number of hydrogen-bond acceptors (Lipinski definition) is 9. The van der Waals surface area contributed by atoms with Crippen molar-refractivity contribution in [1.82, 2.24) is 9.97 Å². The Bertz CT molecular complexity index is 1640. The van der Waals surface area contributed by atoms with E-state index in [-0.39, 0.29) is 22.3 Å². The summed E-state index contributed by atoms with van der Waals surface area (Å²) in [6.07, 6.45) is 0. The molecule has 2 heterocycles. The second-order valence-electron chi connectivity index (χ2n) is 9.03. The number of nitrogens with two attached hydrogens (primary N) is 1. The van der Waals surface area contributed by atoms with E-state index in [9.17, 15) is 13.2 Å². The Hall–Kier alpha value is -4.44. The van der Waals surface area contributed by atoms with Gasteiger partial charge in [0.15, 0.2) is 10.8 Å². The number of carbonyl (C=O) groups is 1. The summed E-state index contributed by atoms with van der Waals surface area (Å²) in [4.78, 5) is 21.9. The van der Waals surface area contributed by atoms with Crippen LogP contribution in [0.2, 0.25) is 0 Å². The number of aromatic nitrogens is 2. The van der Waals surface area contributed by atoms with Gasteiger partial charge in [-0.25, -0.2) is 18.4 Å². The van der Waals surface area contributed by atoms with Gasteiger partial charge in [-0.1, -0.05) is 23.8 Å². The fourth-order valence-electron chi connectivity index (χ4n) is 4.25. The van der Waals surface area contributed by atoms with Crippen LogP contribution >= 0.6 is 0 Å². The number of carbonyl (C=O) groups excluding carboxylic acids is 1. The van der Waals surface area contributed by atoms with Gasteiger partial charge in [-0.2, -0.15) is 0 Å². The molecule has 4 aromatic rings. The van der Waals surface area contributed by atoms with E-state index in [0.29, 0.717) is 28.5 Å². The number of ether oxygens (including phenoxy) is 3. The fourth-order valence-corrected chi connectivity index (χ4v) is 5.43. The number of pyridine rings is 2. The van der Waals surface area contributed by atoms with Crippen LogP contribution in [0.15, 0.2) is 65.7 Å². The van der Waals surface area contributed by atoms with Gasteiger partial charge in [-0.3, -0.25) is 4.79 Å². The van der Waals surface area contributed by atoms with Gasteiger partial charge < -0.3 is 19.9 Å². The number of methoxy groups -OCH3 is 2. The maximum atomic E-state index is 13.4. The van der Waals surface area contributed by atoms with E-state index >= 15 is 0 Å². The number of anilines is 1. The van der Waals surface area contributed by atoms with E-state index in [0.717, 1.165) is 16.7 Å². The Morgan fingerprint density at radius 2 is 1.62 bits per heavy atom. The average Bonchev–Trinajstić information content (AvgIpc) is 2.90. The van der Waals surface area contributed by atoms with Crippen molar-refractivity contribution in [2.45, 2.75) is 25.8 Å². The molecule has 0 atom stereocenters. The molecule has 0 unspecified atom stereocenters. The molecule has 0 aliphatic heterocycles. The minimum absolute atomic E-state index is 0.00691. The minimum Gasteiger partial charge on any atom is -0.497 e. The Kier molecular flexibility index (Phi) is 7.87. The molecule has 0 radical (unpaired) electrons. The normalized spacial score (nSPS) is 11.2. The molecule has 0 saturated carbocycles. The van der Waals surface area contributed by atoms with Crippen LogP contribution in [0.1, 0.15) is 27.0 Å². The first-order chi connectivity index (χ1) is 18.5. The van der Waals surface area contributed by atoms with E-state index in [1.807, 2.05) is 32.9 Å². The van der Waals surface area contributed by atoms with Crippen LogP contribution in [0, 0.1) is 20.8 Å². The van der Waals surface area contributed by atoms with Gasteiger partial charge in [0.05, 0.1) is 25.5 Å². The fraction of sp³-hybridized carbons (Fsp3) is 0.207. The molecule has 0 bridgehead atoms. The third-order valence-corrected chi connectivity index (χ3v) is 7.54. The Balaban J connectivity index is 1.83. The summed E-state index contributed by atoms with van der Waals surface area (Å²) in [5.41, 5.74) is 9.45. The molecule has 0 spiro atoms. The molecule has 2 aromatic carbocycles. The quantitative estimate of drug-likeness (QED) is 0.284. The van der Waals surface area contributed by atoms with Crippen molar-refractivity contribution >= 4 is 21.4 Å². The zero-order chi connectivity index (χ0) is 28.3. The maximum Gasteiger partial charge on any atom is 0.230 e. The van der Waals surface area contributed by atoms with Crippen LogP contribution in [-0.2, 0) is 9.84 Å². The third kappa shape index (κ3) is 6.01. The van der Waals surface area contributed by atoms with Gasteiger partial charge in [-0.05, 0) is 74.4 Å². The molecular weight excluding hydrogens is 518 g/mol. The van der Waals surface area contributed by atoms with Gasteiger partial charge in [0, 0.05) is 5.56 Å². The summed E-state index contributed by atoms with van der Waals surface area (Å²) < 4.78 is 43.1. The van der Waals surface area contributed by atoms with Crippen LogP contribution in [-0.4, -0.2) is 44.1 Å². The zero-order valence-corrected chi connectivity index (χ0v) is 23.1. The number of nitrogen functional groups attached to an aromatic ring is 1. The van der Waals surface area contributed by atoms with E-state index < -0.39 is 21.4 Å². The first-order valence-electron chi connectivity index (χ1n) is 12.0. The predicted molar refractivity (Wildman–Crippen MR) is 149 cm³/mol. The zero-order valence-electron chi connectivity index (χ0n) is 22.3. The van der Waals surface area contributed by atoms with Crippen molar-refractivity contribution < 1.29 is 27.4 Å². The van der Waals surface area contributed by atoms with Crippen molar-refractivity contribution in [3.05, 3.63) is 82.9 Å². The lowest BCUT2D eigenvalue weighted by atomic mass is 10.1. The number of benzene rings is 2. The summed E-state index contributed by atoms with van der Waals surface area (Å²) in [5, 5.41) is -0.283. The lowest BCUT2D eigenvalue weighted by Crippen LogP contribution is -2.19. The SMILES string of the molecule is COc1ccc(OC)c(-c2ccc(C(=O)CS(=O)(=O)c3cccc(N)n3)c(Oc3c(C)cc(C)cc3C)n2)c1. The third-order valence-electron chi connectivity index (χ3n) is 6.03. The summed E-state index contributed by atoms with van der Waals surface area (Å²) in [6, 6.07) is 16.5. The topological polar surface area (TPSA) is 131 Å². The highest BCUT2D eigenvalue weighted by molar-refractivity contribution is 7.92. The van der Waals surface area contributed by atoms with Crippen LogP contribution < -0.4 is 19.9 Å². The van der Waals surface area contributed by atoms with Gasteiger partial charge in [-0.15, -0.1) is 0 Å². The molecule has 10 heteroatoms. The summed E-state index contributed by atoms with van der Waals surface area (Å²) >= 11 is 0. The molecule has 0 saturated heterocycles. The smallest absolute Gasteiger partial charge is 0.230 e. The molecule has 2 aromatic heterocycles. The predicted octanol–water partition coefficient (Wildman–Crippen LogP) is 5.12. The number of ketones is 1. The number of rotatable bonds is 9. The number of sulfone groups is 1. The van der Waals surface area contributed by atoms with Crippen molar-refractivity contribution in [2.24, 2.45) is 0 Å². The maximum absolute atomic E-state index is 13.4. The standard InChI is InChI=1S/C29H29N3O6S/c1-17-13-18(2)28(19(3)14-17)38-29-21(24(33)16-39(34,35)27-8-6-7-26(30)32-27)10-11-23(31-29)22-15-20(36-4)9-12-25(22)37-5/h6-15H,16H2,1-5H3,(H2,30,32).